The highest BCUT2D eigenvalue weighted by molar-refractivity contribution is 5.31. The van der Waals surface area contributed by atoms with Crippen LogP contribution in [0.3, 0.4) is 0 Å². The van der Waals surface area contributed by atoms with Crippen molar-refractivity contribution in [2.75, 3.05) is 24.6 Å². The number of para-hydroxylation sites is 1. The lowest BCUT2D eigenvalue weighted by Gasteiger charge is -2.33. The van der Waals surface area contributed by atoms with Gasteiger partial charge >= 0.3 is 0 Å². The summed E-state index contributed by atoms with van der Waals surface area (Å²) >= 11 is 0. The quantitative estimate of drug-likeness (QED) is 0.867. The standard InChI is InChI=1S/C17H20FN3O2/c1-20-16(22)6-9-19-17(20)21-10-7-13(8-11-21)12-23-15-5-3-2-4-14(15)18/h2-6,9,13H,7-8,10-12H2,1H3. The summed E-state index contributed by atoms with van der Waals surface area (Å²) in [6.07, 6.45) is 3.41. The fourth-order valence-electron chi connectivity index (χ4n) is 2.83. The Morgan fingerprint density at radius 3 is 2.74 bits per heavy atom. The van der Waals surface area contributed by atoms with E-state index in [1.54, 1.807) is 36.0 Å². The van der Waals surface area contributed by atoms with Crippen molar-refractivity contribution in [3.05, 3.63) is 52.7 Å². The number of rotatable bonds is 4. The van der Waals surface area contributed by atoms with Crippen LogP contribution in [0.15, 0.2) is 41.3 Å². The minimum absolute atomic E-state index is 0.0555. The molecule has 0 N–H and O–H groups in total. The van der Waals surface area contributed by atoms with Crippen molar-refractivity contribution in [2.24, 2.45) is 13.0 Å². The first-order valence-electron chi connectivity index (χ1n) is 7.79. The van der Waals surface area contributed by atoms with Crippen LogP contribution in [0.25, 0.3) is 0 Å². The fourth-order valence-corrected chi connectivity index (χ4v) is 2.83. The molecule has 2 heterocycles. The van der Waals surface area contributed by atoms with E-state index in [0.29, 0.717) is 24.2 Å². The van der Waals surface area contributed by atoms with E-state index in [1.807, 2.05) is 0 Å². The van der Waals surface area contributed by atoms with Crippen LogP contribution in [0.5, 0.6) is 5.75 Å². The molecule has 0 unspecified atom stereocenters. The second-order valence-corrected chi connectivity index (χ2v) is 5.81. The maximum atomic E-state index is 13.5. The molecule has 5 nitrogen and oxygen atoms in total. The number of hydrogen-bond donors (Lipinski definition) is 0. The molecule has 6 heteroatoms. The Balaban J connectivity index is 1.55. The van der Waals surface area contributed by atoms with Gasteiger partial charge in [-0.25, -0.2) is 9.37 Å². The van der Waals surface area contributed by atoms with Gasteiger partial charge in [-0.2, -0.15) is 0 Å². The topological polar surface area (TPSA) is 47.4 Å². The van der Waals surface area contributed by atoms with Gasteiger partial charge in [-0.05, 0) is 30.9 Å². The molecular formula is C17H20FN3O2. The third-order valence-corrected chi connectivity index (χ3v) is 4.25. The zero-order chi connectivity index (χ0) is 16.2. The van der Waals surface area contributed by atoms with E-state index in [1.165, 1.54) is 12.1 Å². The molecule has 0 spiro atoms. The molecule has 1 fully saturated rings. The molecule has 2 aromatic rings. The van der Waals surface area contributed by atoms with E-state index in [2.05, 4.69) is 9.88 Å². The van der Waals surface area contributed by atoms with Gasteiger partial charge in [0.15, 0.2) is 11.6 Å². The van der Waals surface area contributed by atoms with Gasteiger partial charge in [-0.1, -0.05) is 12.1 Å². The van der Waals surface area contributed by atoms with Crippen LogP contribution in [0.1, 0.15) is 12.8 Å². The molecule has 23 heavy (non-hydrogen) atoms. The number of ether oxygens (including phenoxy) is 1. The van der Waals surface area contributed by atoms with Crippen molar-refractivity contribution in [3.63, 3.8) is 0 Å². The van der Waals surface area contributed by atoms with Crippen LogP contribution in [0.4, 0.5) is 10.3 Å². The summed E-state index contributed by atoms with van der Waals surface area (Å²) in [5, 5.41) is 0. The van der Waals surface area contributed by atoms with Crippen LogP contribution in [0.2, 0.25) is 0 Å². The van der Waals surface area contributed by atoms with Crippen LogP contribution >= 0.6 is 0 Å². The molecule has 0 atom stereocenters. The molecular weight excluding hydrogens is 297 g/mol. The third kappa shape index (κ3) is 3.52. The van der Waals surface area contributed by atoms with Gasteiger partial charge < -0.3 is 9.64 Å². The van der Waals surface area contributed by atoms with Crippen molar-refractivity contribution in [1.29, 1.82) is 0 Å². The van der Waals surface area contributed by atoms with Crippen molar-refractivity contribution < 1.29 is 9.13 Å². The molecule has 122 valence electrons. The first-order valence-corrected chi connectivity index (χ1v) is 7.79. The molecule has 1 aliphatic rings. The number of anilines is 1. The zero-order valence-electron chi connectivity index (χ0n) is 13.1. The number of aromatic nitrogens is 2. The molecule has 0 amide bonds. The molecule has 0 saturated carbocycles. The van der Waals surface area contributed by atoms with Gasteiger partial charge in [0.2, 0.25) is 5.95 Å². The molecule has 3 rings (SSSR count). The summed E-state index contributed by atoms with van der Waals surface area (Å²) in [5.41, 5.74) is -0.0555. The number of nitrogens with zero attached hydrogens (tertiary/aromatic N) is 3. The normalized spacial score (nSPS) is 15.7. The second kappa shape index (κ2) is 6.81. The summed E-state index contributed by atoms with van der Waals surface area (Å²) < 4.78 is 20.7. The smallest absolute Gasteiger partial charge is 0.254 e. The van der Waals surface area contributed by atoms with E-state index in [4.69, 9.17) is 4.74 Å². The molecule has 1 aliphatic heterocycles. The first kappa shape index (κ1) is 15.5. The summed E-state index contributed by atoms with van der Waals surface area (Å²) in [5.74, 6) is 1.06. The van der Waals surface area contributed by atoms with Crippen LogP contribution < -0.4 is 15.2 Å². The van der Waals surface area contributed by atoms with Gasteiger partial charge in [0.25, 0.3) is 5.56 Å². The Kier molecular flexibility index (Phi) is 4.60. The molecule has 1 aromatic carbocycles. The predicted molar refractivity (Wildman–Crippen MR) is 86.3 cm³/mol. The predicted octanol–water partition coefficient (Wildman–Crippen LogP) is 2.21. The maximum absolute atomic E-state index is 13.5. The molecule has 1 saturated heterocycles. The summed E-state index contributed by atoms with van der Waals surface area (Å²) in [6.45, 7) is 2.14. The largest absolute Gasteiger partial charge is 0.490 e. The van der Waals surface area contributed by atoms with Crippen molar-refractivity contribution >= 4 is 5.95 Å². The molecule has 0 radical (unpaired) electrons. The number of hydrogen-bond acceptors (Lipinski definition) is 4. The van der Waals surface area contributed by atoms with Gasteiger partial charge in [0.1, 0.15) is 0 Å². The van der Waals surface area contributed by atoms with Crippen LogP contribution in [0, 0.1) is 11.7 Å². The van der Waals surface area contributed by atoms with E-state index >= 15 is 0 Å². The summed E-state index contributed by atoms with van der Waals surface area (Å²) in [4.78, 5) is 18.1. The monoisotopic (exact) mass is 317 g/mol. The van der Waals surface area contributed by atoms with Crippen LogP contribution in [-0.2, 0) is 7.05 Å². The average Bonchev–Trinajstić information content (AvgIpc) is 2.57. The van der Waals surface area contributed by atoms with E-state index < -0.39 is 0 Å². The highest BCUT2D eigenvalue weighted by Crippen LogP contribution is 2.23. The Morgan fingerprint density at radius 2 is 2.00 bits per heavy atom. The lowest BCUT2D eigenvalue weighted by Crippen LogP contribution is -2.39. The van der Waals surface area contributed by atoms with E-state index in [0.717, 1.165) is 25.9 Å². The lowest BCUT2D eigenvalue weighted by atomic mass is 9.98. The Hall–Kier alpha value is -2.37. The Labute approximate surface area is 134 Å². The summed E-state index contributed by atoms with van der Waals surface area (Å²) in [7, 11) is 1.73. The van der Waals surface area contributed by atoms with Gasteiger partial charge in [0, 0.05) is 32.4 Å². The minimum Gasteiger partial charge on any atom is -0.490 e. The highest BCUT2D eigenvalue weighted by Gasteiger charge is 2.22. The second-order valence-electron chi connectivity index (χ2n) is 5.81. The molecule has 0 bridgehead atoms. The zero-order valence-corrected chi connectivity index (χ0v) is 13.1. The number of benzene rings is 1. The van der Waals surface area contributed by atoms with Crippen molar-refractivity contribution in [2.45, 2.75) is 12.8 Å². The first-order chi connectivity index (χ1) is 11.1. The molecule has 0 aliphatic carbocycles. The van der Waals surface area contributed by atoms with Gasteiger partial charge in [0.05, 0.1) is 6.61 Å². The van der Waals surface area contributed by atoms with E-state index in [9.17, 15) is 9.18 Å². The van der Waals surface area contributed by atoms with Crippen LogP contribution in [-0.4, -0.2) is 29.2 Å². The third-order valence-electron chi connectivity index (χ3n) is 4.25. The van der Waals surface area contributed by atoms with Crippen molar-refractivity contribution in [1.82, 2.24) is 9.55 Å². The summed E-state index contributed by atoms with van der Waals surface area (Å²) in [6, 6.07) is 7.92. The van der Waals surface area contributed by atoms with Crippen molar-refractivity contribution in [3.8, 4) is 5.75 Å². The maximum Gasteiger partial charge on any atom is 0.254 e. The van der Waals surface area contributed by atoms with E-state index in [-0.39, 0.29) is 11.4 Å². The van der Waals surface area contributed by atoms with Gasteiger partial charge in [-0.3, -0.25) is 9.36 Å². The highest BCUT2D eigenvalue weighted by atomic mass is 19.1. The Bertz CT molecular complexity index is 724. The fraction of sp³-hybridized carbons (Fsp3) is 0.412. The number of piperidine rings is 1. The minimum atomic E-state index is -0.326. The SMILES string of the molecule is Cn1c(N2CCC(COc3ccccc3F)CC2)nccc1=O. The average molecular weight is 317 g/mol. The number of halogens is 1. The molecule has 1 aromatic heterocycles. The lowest BCUT2D eigenvalue weighted by molar-refractivity contribution is 0.214. The van der Waals surface area contributed by atoms with Gasteiger partial charge in [-0.15, -0.1) is 0 Å². The Morgan fingerprint density at radius 1 is 1.26 bits per heavy atom.